The minimum absolute atomic E-state index is 0.116. The Morgan fingerprint density at radius 2 is 1.95 bits per heavy atom. The van der Waals surface area contributed by atoms with Gasteiger partial charge >= 0.3 is 5.97 Å². The summed E-state index contributed by atoms with van der Waals surface area (Å²) >= 11 is 12.2. The van der Waals surface area contributed by atoms with Crippen LogP contribution in [0.4, 0.5) is 0 Å². The van der Waals surface area contributed by atoms with Crippen molar-refractivity contribution in [2.24, 2.45) is 11.3 Å². The normalized spacial score (nSPS) is 41.2. The number of aliphatic carboxylic acids is 1. The Bertz CT molecular complexity index is 488. The molecule has 2 saturated heterocycles. The zero-order chi connectivity index (χ0) is 14.5. The van der Waals surface area contributed by atoms with Gasteiger partial charge in [-0.2, -0.15) is 0 Å². The Labute approximate surface area is 129 Å². The predicted molar refractivity (Wildman–Crippen MR) is 79.9 cm³/mol. The number of piperidine rings is 1. The molecule has 3 aliphatic rings. The number of hydrogen-bond donors (Lipinski definition) is 1. The summed E-state index contributed by atoms with van der Waals surface area (Å²) in [7, 11) is 2.16. The van der Waals surface area contributed by atoms with Gasteiger partial charge in [-0.25, -0.2) is 0 Å². The smallest absolute Gasteiger partial charge is 0.314 e. The van der Waals surface area contributed by atoms with Crippen molar-refractivity contribution in [2.45, 2.75) is 44.2 Å². The lowest BCUT2D eigenvalue weighted by molar-refractivity contribution is -0.150. The molecule has 110 valence electrons. The summed E-state index contributed by atoms with van der Waals surface area (Å²) in [6.45, 7) is 0. The van der Waals surface area contributed by atoms with Crippen LogP contribution in [0.15, 0.2) is 22.2 Å². The van der Waals surface area contributed by atoms with E-state index in [1.165, 1.54) is 12.8 Å². The summed E-state index contributed by atoms with van der Waals surface area (Å²) in [6, 6.07) is 1.01. The maximum Gasteiger partial charge on any atom is 0.314 e. The summed E-state index contributed by atoms with van der Waals surface area (Å²) < 4.78 is 0. The van der Waals surface area contributed by atoms with E-state index in [1.807, 2.05) is 0 Å². The van der Waals surface area contributed by atoms with Gasteiger partial charge in [0.05, 0.1) is 5.41 Å². The highest BCUT2D eigenvalue weighted by Gasteiger charge is 2.51. The molecule has 4 atom stereocenters. The number of nitrogens with zero attached hydrogens (tertiary/aromatic N) is 1. The van der Waals surface area contributed by atoms with E-state index in [-0.39, 0.29) is 5.92 Å². The van der Waals surface area contributed by atoms with E-state index in [2.05, 4.69) is 11.9 Å². The van der Waals surface area contributed by atoms with Gasteiger partial charge < -0.3 is 10.0 Å². The van der Waals surface area contributed by atoms with Crippen molar-refractivity contribution in [2.75, 3.05) is 7.05 Å². The third-order valence-electron chi connectivity index (χ3n) is 5.38. The highest BCUT2D eigenvalue weighted by Crippen LogP contribution is 2.51. The topological polar surface area (TPSA) is 40.5 Å². The van der Waals surface area contributed by atoms with Crippen LogP contribution in [0.1, 0.15) is 32.1 Å². The van der Waals surface area contributed by atoms with Crippen LogP contribution in [-0.2, 0) is 4.79 Å². The first kappa shape index (κ1) is 14.4. The molecule has 0 aromatic heterocycles. The van der Waals surface area contributed by atoms with E-state index in [4.69, 9.17) is 23.2 Å². The Hall–Kier alpha value is -0.510. The third kappa shape index (κ3) is 2.20. The summed E-state index contributed by atoms with van der Waals surface area (Å²) in [5.74, 6) is -0.680. The second-order valence-electron chi connectivity index (χ2n) is 6.36. The van der Waals surface area contributed by atoms with Crippen molar-refractivity contribution in [3.05, 3.63) is 22.2 Å². The lowest BCUT2D eigenvalue weighted by Crippen LogP contribution is -2.48. The second-order valence-corrected chi connectivity index (χ2v) is 7.28. The van der Waals surface area contributed by atoms with Gasteiger partial charge in [-0.05, 0) is 50.8 Å². The molecule has 0 saturated carbocycles. The van der Waals surface area contributed by atoms with E-state index in [0.29, 0.717) is 28.6 Å². The Morgan fingerprint density at radius 3 is 2.45 bits per heavy atom. The molecule has 2 fully saturated rings. The lowest BCUT2D eigenvalue weighted by atomic mass is 9.66. The van der Waals surface area contributed by atoms with Gasteiger partial charge in [0.2, 0.25) is 0 Å². The monoisotopic (exact) mass is 315 g/mol. The maximum atomic E-state index is 12.0. The SMILES string of the molecule is CN1C2CC[C@H]1CC([C@]1(C(=O)O)C=C(Cl)C=C(Cl)C1)C2. The van der Waals surface area contributed by atoms with Gasteiger partial charge in [-0.3, -0.25) is 4.79 Å². The van der Waals surface area contributed by atoms with E-state index in [1.54, 1.807) is 12.2 Å². The number of halogens is 2. The molecular weight excluding hydrogens is 297 g/mol. The first-order valence-corrected chi connectivity index (χ1v) is 7.88. The summed E-state index contributed by atoms with van der Waals surface area (Å²) in [4.78, 5) is 14.4. The van der Waals surface area contributed by atoms with E-state index >= 15 is 0 Å². The number of carbonyl (C=O) groups is 1. The van der Waals surface area contributed by atoms with Crippen molar-refractivity contribution >= 4 is 29.2 Å². The molecule has 5 heteroatoms. The van der Waals surface area contributed by atoms with E-state index in [9.17, 15) is 9.90 Å². The second kappa shape index (κ2) is 5.04. The molecule has 3 rings (SSSR count). The lowest BCUT2D eigenvalue weighted by Gasteiger charge is -2.44. The average molecular weight is 316 g/mol. The van der Waals surface area contributed by atoms with Crippen LogP contribution in [0.3, 0.4) is 0 Å². The number of allylic oxidation sites excluding steroid dienone is 3. The number of hydrogen-bond acceptors (Lipinski definition) is 2. The Morgan fingerprint density at radius 1 is 1.35 bits per heavy atom. The molecule has 2 heterocycles. The van der Waals surface area contributed by atoms with Crippen molar-refractivity contribution in [3.8, 4) is 0 Å². The predicted octanol–water partition coefficient (Wildman–Crippen LogP) is 3.58. The van der Waals surface area contributed by atoms with E-state index in [0.717, 1.165) is 12.8 Å². The molecule has 2 unspecified atom stereocenters. The van der Waals surface area contributed by atoms with E-state index < -0.39 is 11.4 Å². The summed E-state index contributed by atoms with van der Waals surface area (Å²) in [5, 5.41) is 10.8. The number of carboxylic acids is 1. The van der Waals surface area contributed by atoms with Gasteiger partial charge in [-0.15, -0.1) is 0 Å². The molecule has 0 spiro atoms. The molecule has 20 heavy (non-hydrogen) atoms. The van der Waals surface area contributed by atoms with Crippen LogP contribution < -0.4 is 0 Å². The zero-order valence-corrected chi connectivity index (χ0v) is 13.0. The number of fused-ring (bicyclic) bond motifs is 2. The molecule has 0 amide bonds. The largest absolute Gasteiger partial charge is 0.481 e. The van der Waals surface area contributed by atoms with Gasteiger partial charge in [0.15, 0.2) is 0 Å². The fourth-order valence-corrected chi connectivity index (χ4v) is 4.95. The van der Waals surface area contributed by atoms with Gasteiger partial charge in [-0.1, -0.05) is 23.2 Å². The van der Waals surface area contributed by atoms with Crippen LogP contribution in [-0.4, -0.2) is 35.1 Å². The fraction of sp³-hybridized carbons (Fsp3) is 0.667. The minimum atomic E-state index is -0.926. The van der Waals surface area contributed by atoms with Crippen LogP contribution in [0.5, 0.6) is 0 Å². The standard InChI is InChI=1S/C15H19Cl2NO2/c1-18-12-2-3-13(18)5-9(4-12)15(14(19)20)7-10(16)6-11(17)8-15/h6-7,9,12-13H,2-5,8H2,1H3,(H,19,20)/t9?,12-,13?,15-/m0/s1. The third-order valence-corrected chi connectivity index (χ3v) is 5.84. The highest BCUT2D eigenvalue weighted by molar-refractivity contribution is 6.35. The number of rotatable bonds is 2. The first-order valence-electron chi connectivity index (χ1n) is 7.12. The average Bonchev–Trinajstić information content (AvgIpc) is 2.61. The van der Waals surface area contributed by atoms with Crippen LogP contribution in [0.2, 0.25) is 0 Å². The molecule has 0 aromatic carbocycles. The van der Waals surface area contributed by atoms with Gasteiger partial charge in [0.1, 0.15) is 0 Å². The quantitative estimate of drug-likeness (QED) is 0.846. The molecule has 3 nitrogen and oxygen atoms in total. The van der Waals surface area contributed by atoms with Gasteiger partial charge in [0.25, 0.3) is 0 Å². The minimum Gasteiger partial charge on any atom is -0.481 e. The first-order chi connectivity index (χ1) is 9.42. The van der Waals surface area contributed by atoms with Crippen molar-refractivity contribution in [3.63, 3.8) is 0 Å². The Kier molecular flexibility index (Phi) is 3.64. The van der Waals surface area contributed by atoms with Crippen molar-refractivity contribution in [1.82, 2.24) is 4.90 Å². The van der Waals surface area contributed by atoms with Crippen molar-refractivity contribution in [1.29, 1.82) is 0 Å². The molecule has 1 aliphatic carbocycles. The van der Waals surface area contributed by atoms with Crippen LogP contribution in [0, 0.1) is 11.3 Å². The summed E-state index contributed by atoms with van der Waals surface area (Å²) in [5.41, 5.74) is -0.926. The molecule has 0 radical (unpaired) electrons. The number of carboxylic acid groups (broad SMARTS) is 1. The van der Waals surface area contributed by atoms with Gasteiger partial charge in [0, 0.05) is 28.6 Å². The molecule has 2 aliphatic heterocycles. The summed E-state index contributed by atoms with van der Waals surface area (Å²) in [6.07, 6.45) is 7.94. The fourth-order valence-electron chi connectivity index (χ4n) is 4.23. The molecule has 1 N–H and O–H groups in total. The van der Waals surface area contributed by atoms with Crippen LogP contribution >= 0.6 is 23.2 Å². The maximum absolute atomic E-state index is 12.0. The van der Waals surface area contributed by atoms with Crippen molar-refractivity contribution < 1.29 is 9.90 Å². The van der Waals surface area contributed by atoms with Crippen LogP contribution in [0.25, 0.3) is 0 Å². The molecular formula is C15H19Cl2NO2. The highest BCUT2D eigenvalue weighted by atomic mass is 35.5. The molecule has 0 aromatic rings. The Balaban J connectivity index is 1.93. The molecule has 2 bridgehead atoms. The zero-order valence-electron chi connectivity index (χ0n) is 11.5.